The van der Waals surface area contributed by atoms with Crippen molar-refractivity contribution in [3.8, 4) is 0 Å². The van der Waals surface area contributed by atoms with Gasteiger partial charge in [-0.3, -0.25) is 0 Å². The van der Waals surface area contributed by atoms with Crippen LogP contribution in [0, 0.1) is 0 Å². The van der Waals surface area contributed by atoms with Crippen LogP contribution in [0.1, 0.15) is 25.8 Å². The van der Waals surface area contributed by atoms with Crippen LogP contribution in [-0.2, 0) is 11.3 Å². The van der Waals surface area contributed by atoms with Gasteiger partial charge in [0.1, 0.15) is 12.0 Å². The van der Waals surface area contributed by atoms with Crippen LogP contribution in [0.25, 0.3) is 0 Å². The third-order valence-corrected chi connectivity index (χ3v) is 2.28. The molecule has 0 fully saturated rings. The first-order valence-corrected chi connectivity index (χ1v) is 5.43. The predicted molar refractivity (Wildman–Crippen MR) is 62.9 cm³/mol. The Hall–Kier alpha value is -1.22. The van der Waals surface area contributed by atoms with Gasteiger partial charge in [0.05, 0.1) is 6.04 Å². The van der Waals surface area contributed by atoms with Gasteiger partial charge < -0.3 is 10.1 Å². The van der Waals surface area contributed by atoms with Crippen LogP contribution in [-0.4, -0.2) is 18.0 Å². The molecule has 0 radical (unpaired) electrons. The zero-order chi connectivity index (χ0) is 12.0. The van der Waals surface area contributed by atoms with Crippen LogP contribution in [0.4, 0.5) is 4.39 Å². The van der Waals surface area contributed by atoms with Gasteiger partial charge in [-0.25, -0.2) is 4.39 Å². The highest BCUT2D eigenvalue weighted by Crippen LogP contribution is 2.15. The Morgan fingerprint density at radius 2 is 2.00 bits per heavy atom. The van der Waals surface area contributed by atoms with E-state index in [1.54, 1.807) is 0 Å². The molecule has 0 aliphatic rings. The van der Waals surface area contributed by atoms with Crippen LogP contribution in [0.5, 0.6) is 0 Å². The second-order valence-corrected chi connectivity index (χ2v) is 4.53. The van der Waals surface area contributed by atoms with Crippen molar-refractivity contribution in [2.24, 2.45) is 0 Å². The molecule has 1 rings (SSSR count). The number of nitrogens with one attached hydrogen (secondary N) is 1. The second-order valence-electron chi connectivity index (χ2n) is 4.53. The molecule has 2 nitrogen and oxygen atoms in total. The maximum atomic E-state index is 13.4. The van der Waals surface area contributed by atoms with Gasteiger partial charge in [-0.2, -0.15) is 0 Å². The van der Waals surface area contributed by atoms with Gasteiger partial charge >= 0.3 is 0 Å². The summed E-state index contributed by atoms with van der Waals surface area (Å²) < 4.78 is 13.4. The van der Waals surface area contributed by atoms with Crippen molar-refractivity contribution < 1.29 is 9.18 Å². The highest BCUT2D eigenvalue weighted by molar-refractivity contribution is 5.57. The third-order valence-electron chi connectivity index (χ3n) is 2.28. The topological polar surface area (TPSA) is 29.1 Å². The number of rotatable bonds is 6. The van der Waals surface area contributed by atoms with Gasteiger partial charge in [-0.15, -0.1) is 0 Å². The summed E-state index contributed by atoms with van der Waals surface area (Å²) in [4.78, 5) is 10.8. The van der Waals surface area contributed by atoms with Gasteiger partial charge in [0.25, 0.3) is 0 Å². The minimum Gasteiger partial charge on any atom is -0.304 e. The molecule has 1 atom stereocenters. The molecule has 0 unspecified atom stereocenters. The van der Waals surface area contributed by atoms with Gasteiger partial charge in [0.15, 0.2) is 0 Å². The summed E-state index contributed by atoms with van der Waals surface area (Å²) in [5.74, 6) is 0. The van der Waals surface area contributed by atoms with E-state index < -0.39 is 11.7 Å². The van der Waals surface area contributed by atoms with Gasteiger partial charge in [-0.05, 0) is 19.4 Å². The lowest BCUT2D eigenvalue weighted by Gasteiger charge is -2.19. The molecule has 88 valence electrons. The Kier molecular flexibility index (Phi) is 4.62. The largest absolute Gasteiger partial charge is 0.304 e. The van der Waals surface area contributed by atoms with Crippen molar-refractivity contribution >= 4 is 6.29 Å². The Morgan fingerprint density at radius 3 is 2.50 bits per heavy atom. The van der Waals surface area contributed by atoms with E-state index in [9.17, 15) is 9.18 Å². The third kappa shape index (κ3) is 5.03. The lowest BCUT2D eigenvalue weighted by molar-refractivity contribution is -0.110. The van der Waals surface area contributed by atoms with Crippen molar-refractivity contribution in [1.82, 2.24) is 5.32 Å². The number of halogens is 1. The molecule has 0 bridgehead atoms. The predicted octanol–water partition coefficient (Wildman–Crippen LogP) is 2.48. The molecule has 0 heterocycles. The molecule has 0 amide bonds. The fourth-order valence-corrected chi connectivity index (χ4v) is 1.54. The summed E-state index contributed by atoms with van der Waals surface area (Å²) in [7, 11) is 0. The molecule has 0 aliphatic carbocycles. The fraction of sp³-hybridized carbons (Fsp3) is 0.462. The molecule has 16 heavy (non-hydrogen) atoms. The number of alkyl halides is 1. The number of hydrogen-bond acceptors (Lipinski definition) is 2. The number of aldehydes is 1. The summed E-state index contributed by atoms with van der Waals surface area (Å²) in [6.07, 6.45) is 0.966. The maximum Gasteiger partial charge on any atom is 0.137 e. The van der Waals surface area contributed by atoms with Gasteiger partial charge in [0.2, 0.25) is 0 Å². The van der Waals surface area contributed by atoms with Crippen LogP contribution < -0.4 is 5.32 Å². The minimum absolute atomic E-state index is 0.198. The summed E-state index contributed by atoms with van der Waals surface area (Å²) in [6.45, 7) is 3.54. The molecule has 1 N–H and O–H groups in total. The first-order valence-electron chi connectivity index (χ1n) is 5.43. The lowest BCUT2D eigenvalue weighted by atomic mass is 10.0. The molecule has 1 aromatic rings. The molecule has 3 heteroatoms. The standard InChI is InChI=1S/C13H18FNO/c1-13(2,14)8-12(10-16)15-9-11-6-4-3-5-7-11/h3-7,10,12,15H,8-9H2,1-2H3/t12-/m0/s1. The Morgan fingerprint density at radius 1 is 1.38 bits per heavy atom. The van der Waals surface area contributed by atoms with E-state index in [-0.39, 0.29) is 6.42 Å². The molecule has 0 spiro atoms. The smallest absolute Gasteiger partial charge is 0.137 e. The molecular formula is C13H18FNO. The maximum absolute atomic E-state index is 13.4. The minimum atomic E-state index is -1.32. The van der Waals surface area contributed by atoms with Crippen molar-refractivity contribution in [3.63, 3.8) is 0 Å². The summed E-state index contributed by atoms with van der Waals surface area (Å²) in [6, 6.07) is 9.31. The molecule has 0 saturated heterocycles. The highest BCUT2D eigenvalue weighted by atomic mass is 19.1. The SMILES string of the molecule is CC(C)(F)C[C@@H](C=O)NCc1ccccc1. The normalized spacial score (nSPS) is 13.4. The summed E-state index contributed by atoms with van der Waals surface area (Å²) in [5.41, 5.74) is -0.235. The first-order chi connectivity index (χ1) is 7.51. The van der Waals surface area contributed by atoms with E-state index in [4.69, 9.17) is 0 Å². The van der Waals surface area contributed by atoms with E-state index in [2.05, 4.69) is 5.32 Å². The van der Waals surface area contributed by atoms with E-state index in [1.165, 1.54) is 13.8 Å². The van der Waals surface area contributed by atoms with Crippen molar-refractivity contribution in [2.75, 3.05) is 0 Å². The number of benzene rings is 1. The first kappa shape index (κ1) is 12.8. The molecule has 1 aromatic carbocycles. The van der Waals surface area contributed by atoms with E-state index >= 15 is 0 Å². The van der Waals surface area contributed by atoms with E-state index in [0.29, 0.717) is 6.54 Å². The Labute approximate surface area is 95.9 Å². The molecular weight excluding hydrogens is 205 g/mol. The lowest BCUT2D eigenvalue weighted by Crippen LogP contribution is -2.35. The molecule has 0 aliphatic heterocycles. The second kappa shape index (κ2) is 5.75. The van der Waals surface area contributed by atoms with Crippen LogP contribution in [0.15, 0.2) is 30.3 Å². The van der Waals surface area contributed by atoms with Gasteiger partial charge in [-0.1, -0.05) is 30.3 Å². The monoisotopic (exact) mass is 223 g/mol. The number of carbonyl (C=O) groups is 1. The van der Waals surface area contributed by atoms with E-state index in [0.717, 1.165) is 11.8 Å². The Balaban J connectivity index is 2.43. The fourth-order valence-electron chi connectivity index (χ4n) is 1.54. The number of carbonyl (C=O) groups excluding carboxylic acids is 1. The van der Waals surface area contributed by atoms with Crippen LogP contribution in [0.2, 0.25) is 0 Å². The van der Waals surface area contributed by atoms with E-state index in [1.807, 2.05) is 30.3 Å². The zero-order valence-corrected chi connectivity index (χ0v) is 9.74. The average Bonchev–Trinajstić information content (AvgIpc) is 2.24. The average molecular weight is 223 g/mol. The van der Waals surface area contributed by atoms with Crippen LogP contribution >= 0.6 is 0 Å². The molecule has 0 saturated carbocycles. The zero-order valence-electron chi connectivity index (χ0n) is 9.74. The summed E-state index contributed by atoms with van der Waals surface area (Å²) in [5, 5.41) is 3.03. The van der Waals surface area contributed by atoms with Crippen molar-refractivity contribution in [2.45, 2.75) is 38.5 Å². The molecule has 0 aromatic heterocycles. The van der Waals surface area contributed by atoms with Crippen molar-refractivity contribution in [1.29, 1.82) is 0 Å². The van der Waals surface area contributed by atoms with Crippen LogP contribution in [0.3, 0.4) is 0 Å². The Bertz CT molecular complexity index is 318. The van der Waals surface area contributed by atoms with Crippen molar-refractivity contribution in [3.05, 3.63) is 35.9 Å². The highest BCUT2D eigenvalue weighted by Gasteiger charge is 2.21. The van der Waals surface area contributed by atoms with Gasteiger partial charge in [0, 0.05) is 13.0 Å². The quantitative estimate of drug-likeness (QED) is 0.751. The number of hydrogen-bond donors (Lipinski definition) is 1. The summed E-state index contributed by atoms with van der Waals surface area (Å²) >= 11 is 0.